The molecule has 2 aromatic carbocycles. The molecule has 1 aliphatic heterocycles. The second kappa shape index (κ2) is 8.77. The molecule has 8 heteroatoms. The lowest BCUT2D eigenvalue weighted by atomic mass is 10.0. The number of nitrogens with one attached hydrogen (secondary N) is 1. The number of benzene rings is 2. The van der Waals surface area contributed by atoms with Gasteiger partial charge in [-0.3, -0.25) is 4.79 Å². The number of hydrogen-bond donors (Lipinski definition) is 1. The molecule has 0 bridgehead atoms. The molecule has 1 N–H and O–H groups in total. The summed E-state index contributed by atoms with van der Waals surface area (Å²) in [4.78, 5) is 21.4. The van der Waals surface area contributed by atoms with Crippen molar-refractivity contribution in [3.8, 4) is 16.6 Å². The van der Waals surface area contributed by atoms with E-state index in [0.717, 1.165) is 45.3 Å². The maximum absolute atomic E-state index is 12.9. The van der Waals surface area contributed by atoms with Crippen molar-refractivity contribution >= 4 is 56.2 Å². The van der Waals surface area contributed by atoms with E-state index in [4.69, 9.17) is 10.2 Å². The first-order valence-electron chi connectivity index (χ1n) is 9.63. The summed E-state index contributed by atoms with van der Waals surface area (Å²) in [6, 6.07) is 16.9. The van der Waals surface area contributed by atoms with Crippen LogP contribution in [-0.2, 0) is 13.0 Å². The Balaban J connectivity index is 0.00000231. The molecule has 0 saturated heterocycles. The quantitative estimate of drug-likeness (QED) is 0.429. The summed E-state index contributed by atoms with van der Waals surface area (Å²) in [5.74, 6) is -0.172. The molecule has 0 radical (unpaired) electrons. The Kier molecular flexibility index (Phi) is 6.08. The number of amides is 1. The molecule has 5 rings (SSSR count). The van der Waals surface area contributed by atoms with E-state index in [1.54, 1.807) is 46.9 Å². The highest BCUT2D eigenvalue weighted by Crippen LogP contribution is 2.45. The fraction of sp³-hybridized carbons (Fsp3) is 0.174. The van der Waals surface area contributed by atoms with Gasteiger partial charge in [-0.15, -0.1) is 35.1 Å². The fourth-order valence-electron chi connectivity index (χ4n) is 3.70. The number of nitriles is 1. The topological polar surface area (TPSA) is 69.0 Å². The zero-order valence-electron chi connectivity index (χ0n) is 16.7. The van der Waals surface area contributed by atoms with Crippen molar-refractivity contribution in [2.45, 2.75) is 13.0 Å². The van der Waals surface area contributed by atoms with Gasteiger partial charge in [0.2, 0.25) is 0 Å². The first kappa shape index (κ1) is 21.5. The van der Waals surface area contributed by atoms with Gasteiger partial charge in [-0.1, -0.05) is 12.1 Å². The molecule has 0 saturated carbocycles. The molecule has 5 nitrogen and oxygen atoms in total. The summed E-state index contributed by atoms with van der Waals surface area (Å²) in [5, 5.41) is 13.9. The Morgan fingerprint density at radius 2 is 1.94 bits per heavy atom. The van der Waals surface area contributed by atoms with E-state index in [0.29, 0.717) is 11.1 Å². The average Bonchev–Trinajstić information content (AvgIpc) is 3.33. The van der Waals surface area contributed by atoms with Crippen LogP contribution in [0.1, 0.15) is 26.4 Å². The van der Waals surface area contributed by atoms with E-state index in [2.05, 4.69) is 29.4 Å². The van der Waals surface area contributed by atoms with Gasteiger partial charge in [-0.05, 0) is 55.4 Å². The highest BCUT2D eigenvalue weighted by atomic mass is 35.5. The molecule has 2 aromatic heterocycles. The number of carbonyl (C=O) groups is 1. The number of thiazole rings is 1. The van der Waals surface area contributed by atoms with E-state index >= 15 is 0 Å². The molecule has 31 heavy (non-hydrogen) atoms. The second-order valence-electron chi connectivity index (χ2n) is 7.33. The third-order valence-corrected chi connectivity index (χ3v) is 7.44. The number of hydrogen-bond acceptors (Lipinski definition) is 6. The van der Waals surface area contributed by atoms with Gasteiger partial charge in [-0.2, -0.15) is 5.26 Å². The molecule has 3 heterocycles. The predicted octanol–water partition coefficient (Wildman–Crippen LogP) is 5.56. The predicted molar refractivity (Wildman–Crippen MR) is 129 cm³/mol. The van der Waals surface area contributed by atoms with E-state index in [9.17, 15) is 4.79 Å². The number of nitrogens with zero attached hydrogens (tertiary/aromatic N) is 3. The summed E-state index contributed by atoms with van der Waals surface area (Å²) in [5.41, 5.74) is 4.41. The number of aromatic nitrogens is 1. The van der Waals surface area contributed by atoms with E-state index < -0.39 is 0 Å². The molecular formula is C23H19ClN4OS2. The lowest BCUT2D eigenvalue weighted by molar-refractivity contribution is 0.102. The third-order valence-electron chi connectivity index (χ3n) is 5.26. The van der Waals surface area contributed by atoms with Crippen LogP contribution in [-0.4, -0.2) is 29.4 Å². The number of para-hydroxylation sites is 1. The SMILES string of the molecule is CN1CCc2c(sc(NC(=O)c3ccc(C#N)cc3)c2-c2nc3ccccc3s2)C1.Cl. The Morgan fingerprint density at radius 1 is 1.16 bits per heavy atom. The third kappa shape index (κ3) is 4.08. The molecule has 4 aromatic rings. The van der Waals surface area contributed by atoms with Gasteiger partial charge in [0.15, 0.2) is 0 Å². The minimum atomic E-state index is -0.172. The number of halogens is 1. The minimum absolute atomic E-state index is 0. The van der Waals surface area contributed by atoms with Crippen molar-refractivity contribution in [3.63, 3.8) is 0 Å². The average molecular weight is 467 g/mol. The van der Waals surface area contributed by atoms with Crippen molar-refractivity contribution < 1.29 is 4.79 Å². The van der Waals surface area contributed by atoms with Gasteiger partial charge in [-0.25, -0.2) is 4.98 Å². The lowest BCUT2D eigenvalue weighted by Gasteiger charge is -2.22. The van der Waals surface area contributed by atoms with Crippen LogP contribution in [0.5, 0.6) is 0 Å². The van der Waals surface area contributed by atoms with Gasteiger partial charge < -0.3 is 10.2 Å². The lowest BCUT2D eigenvalue weighted by Crippen LogP contribution is -2.25. The van der Waals surface area contributed by atoms with Crippen LogP contribution in [0.15, 0.2) is 48.5 Å². The van der Waals surface area contributed by atoms with Crippen LogP contribution < -0.4 is 5.32 Å². The summed E-state index contributed by atoms with van der Waals surface area (Å²) in [6.45, 7) is 1.87. The number of anilines is 1. The highest BCUT2D eigenvalue weighted by molar-refractivity contribution is 7.23. The molecule has 1 amide bonds. The molecular weight excluding hydrogens is 448 g/mol. The van der Waals surface area contributed by atoms with Crippen LogP contribution >= 0.6 is 35.1 Å². The Hall–Kier alpha value is -2.76. The van der Waals surface area contributed by atoms with Gasteiger partial charge in [0, 0.05) is 29.1 Å². The number of thiophene rings is 1. The monoisotopic (exact) mass is 466 g/mol. The first-order valence-corrected chi connectivity index (χ1v) is 11.3. The zero-order valence-corrected chi connectivity index (χ0v) is 19.2. The van der Waals surface area contributed by atoms with E-state index in [-0.39, 0.29) is 18.3 Å². The molecule has 0 aliphatic carbocycles. The van der Waals surface area contributed by atoms with Crippen molar-refractivity contribution in [2.75, 3.05) is 18.9 Å². The van der Waals surface area contributed by atoms with E-state index in [1.807, 2.05) is 18.2 Å². The van der Waals surface area contributed by atoms with Crippen LogP contribution in [0.4, 0.5) is 5.00 Å². The van der Waals surface area contributed by atoms with Crippen LogP contribution in [0, 0.1) is 11.3 Å². The summed E-state index contributed by atoms with van der Waals surface area (Å²) < 4.78 is 1.14. The van der Waals surface area contributed by atoms with Gasteiger partial charge in [0.1, 0.15) is 10.0 Å². The van der Waals surface area contributed by atoms with Gasteiger partial charge in [0.25, 0.3) is 5.91 Å². The smallest absolute Gasteiger partial charge is 0.256 e. The number of rotatable bonds is 3. The standard InChI is InChI=1S/C23H18N4OS2.ClH/c1-27-11-10-16-19(13-27)30-23(26-21(28)15-8-6-14(12-24)7-9-15)20(16)22-25-17-4-2-3-5-18(17)29-22;/h2-9H,10-11,13H2,1H3,(H,26,28);1H. The Labute approximate surface area is 194 Å². The van der Waals surface area contributed by atoms with Crippen molar-refractivity contribution in [3.05, 3.63) is 70.1 Å². The van der Waals surface area contributed by atoms with Gasteiger partial charge in [0.05, 0.1) is 21.8 Å². The minimum Gasteiger partial charge on any atom is -0.313 e. The van der Waals surface area contributed by atoms with Crippen molar-refractivity contribution in [1.29, 1.82) is 5.26 Å². The number of likely N-dealkylation sites (N-methyl/N-ethyl adjacent to an activating group) is 1. The van der Waals surface area contributed by atoms with Crippen LogP contribution in [0.3, 0.4) is 0 Å². The molecule has 0 spiro atoms. The Bertz CT molecular complexity index is 1270. The number of carbonyl (C=O) groups excluding carboxylic acids is 1. The second-order valence-corrected chi connectivity index (χ2v) is 9.46. The van der Waals surface area contributed by atoms with Crippen LogP contribution in [0.25, 0.3) is 20.8 Å². The molecule has 156 valence electrons. The van der Waals surface area contributed by atoms with Crippen molar-refractivity contribution in [2.24, 2.45) is 0 Å². The largest absolute Gasteiger partial charge is 0.313 e. The summed E-state index contributed by atoms with van der Waals surface area (Å²) >= 11 is 3.31. The first-order chi connectivity index (χ1) is 14.6. The maximum Gasteiger partial charge on any atom is 0.256 e. The van der Waals surface area contributed by atoms with Crippen LogP contribution in [0.2, 0.25) is 0 Å². The molecule has 0 unspecified atom stereocenters. The molecule has 0 atom stereocenters. The molecule has 1 aliphatic rings. The maximum atomic E-state index is 12.9. The van der Waals surface area contributed by atoms with E-state index in [1.165, 1.54) is 10.4 Å². The van der Waals surface area contributed by atoms with Crippen molar-refractivity contribution in [1.82, 2.24) is 9.88 Å². The summed E-state index contributed by atoms with van der Waals surface area (Å²) in [6.07, 6.45) is 0.945. The highest BCUT2D eigenvalue weighted by Gasteiger charge is 2.26. The molecule has 0 fully saturated rings. The zero-order chi connectivity index (χ0) is 20.7. The fourth-order valence-corrected chi connectivity index (χ4v) is 6.13. The number of fused-ring (bicyclic) bond motifs is 2. The summed E-state index contributed by atoms with van der Waals surface area (Å²) in [7, 11) is 2.12. The normalized spacial score (nSPS) is 13.3. The van der Waals surface area contributed by atoms with Gasteiger partial charge >= 0.3 is 0 Å². The Morgan fingerprint density at radius 3 is 2.68 bits per heavy atom.